The van der Waals surface area contributed by atoms with E-state index >= 15 is 0 Å². The lowest BCUT2D eigenvalue weighted by molar-refractivity contribution is 0.414. The molecule has 2 N–H and O–H groups in total. The maximum absolute atomic E-state index is 12.1. The minimum absolute atomic E-state index is 0.105. The normalized spacial score (nSPS) is 11.5. The third kappa shape index (κ3) is 3.50. The van der Waals surface area contributed by atoms with E-state index in [1.165, 1.54) is 25.3 Å². The molecule has 0 radical (unpaired) electrons. The van der Waals surface area contributed by atoms with Crippen molar-refractivity contribution in [1.82, 2.24) is 14.7 Å². The summed E-state index contributed by atoms with van der Waals surface area (Å²) in [6.45, 7) is 0.272. The Morgan fingerprint density at radius 1 is 1.45 bits per heavy atom. The van der Waals surface area contributed by atoms with Gasteiger partial charge in [-0.2, -0.15) is 0 Å². The Hall–Kier alpha value is -1.57. The molecule has 0 atom stereocenters. The van der Waals surface area contributed by atoms with Gasteiger partial charge in [-0.15, -0.1) is 0 Å². The predicted molar refractivity (Wildman–Crippen MR) is 75.5 cm³/mol. The molecule has 1 heterocycles. The van der Waals surface area contributed by atoms with Gasteiger partial charge in [0.2, 0.25) is 10.0 Å². The Kier molecular flexibility index (Phi) is 4.64. The van der Waals surface area contributed by atoms with Crippen molar-refractivity contribution < 1.29 is 13.2 Å². The lowest BCUT2D eigenvalue weighted by Crippen LogP contribution is -2.26. The van der Waals surface area contributed by atoms with E-state index in [-0.39, 0.29) is 16.5 Å². The van der Waals surface area contributed by atoms with Gasteiger partial charge in [0, 0.05) is 24.9 Å². The van der Waals surface area contributed by atoms with Crippen LogP contribution >= 0.6 is 11.6 Å². The molecule has 108 valence electrons. The van der Waals surface area contributed by atoms with Gasteiger partial charge < -0.3 is 9.72 Å². The third-order valence-electron chi connectivity index (χ3n) is 2.67. The zero-order chi connectivity index (χ0) is 14.6. The quantitative estimate of drug-likeness (QED) is 0.848. The highest BCUT2D eigenvalue weighted by Gasteiger charge is 2.15. The highest BCUT2D eigenvalue weighted by Crippen LogP contribution is 2.26. The molecule has 1 aromatic heterocycles. The number of rotatable bonds is 6. The van der Waals surface area contributed by atoms with Crippen molar-refractivity contribution in [3.05, 3.63) is 41.4 Å². The molecule has 2 aromatic rings. The van der Waals surface area contributed by atoms with Crippen molar-refractivity contribution in [3.8, 4) is 5.75 Å². The molecule has 0 fully saturated rings. The molecule has 0 unspecified atom stereocenters. The van der Waals surface area contributed by atoms with Gasteiger partial charge in [-0.05, 0) is 18.2 Å². The van der Waals surface area contributed by atoms with E-state index in [0.29, 0.717) is 12.2 Å². The Labute approximate surface area is 122 Å². The van der Waals surface area contributed by atoms with Crippen LogP contribution in [0.4, 0.5) is 0 Å². The van der Waals surface area contributed by atoms with Crippen LogP contribution in [-0.2, 0) is 16.4 Å². The highest BCUT2D eigenvalue weighted by atomic mass is 35.5. The van der Waals surface area contributed by atoms with Gasteiger partial charge in [0.25, 0.3) is 0 Å². The molecule has 0 aliphatic heterocycles. The van der Waals surface area contributed by atoms with Crippen LogP contribution in [0.3, 0.4) is 0 Å². The number of ether oxygens (including phenoxy) is 1. The van der Waals surface area contributed by atoms with Crippen LogP contribution in [0.15, 0.2) is 35.6 Å². The summed E-state index contributed by atoms with van der Waals surface area (Å²) in [5.74, 6) is 0.433. The molecule has 0 bridgehead atoms. The summed E-state index contributed by atoms with van der Waals surface area (Å²) in [6, 6.07) is 4.33. The van der Waals surface area contributed by atoms with Gasteiger partial charge in [-0.1, -0.05) is 11.6 Å². The van der Waals surface area contributed by atoms with E-state index < -0.39 is 10.0 Å². The molecule has 0 aliphatic carbocycles. The first-order valence-corrected chi connectivity index (χ1v) is 7.69. The van der Waals surface area contributed by atoms with Crippen molar-refractivity contribution in [3.63, 3.8) is 0 Å². The van der Waals surface area contributed by atoms with Gasteiger partial charge >= 0.3 is 0 Å². The molecule has 0 amide bonds. The fourth-order valence-corrected chi connectivity index (χ4v) is 3.02. The lowest BCUT2D eigenvalue weighted by atomic mass is 10.3. The second-order valence-electron chi connectivity index (χ2n) is 4.02. The van der Waals surface area contributed by atoms with Gasteiger partial charge in [0.15, 0.2) is 0 Å². The summed E-state index contributed by atoms with van der Waals surface area (Å²) < 4.78 is 31.6. The van der Waals surface area contributed by atoms with Gasteiger partial charge in [0.05, 0.1) is 23.4 Å². The SMILES string of the molecule is COc1ccc(S(=O)(=O)NCCc2cnc[nH]2)cc1Cl. The minimum Gasteiger partial charge on any atom is -0.495 e. The summed E-state index contributed by atoms with van der Waals surface area (Å²) >= 11 is 5.92. The van der Waals surface area contributed by atoms with Crippen LogP contribution in [0.5, 0.6) is 5.75 Å². The number of nitrogens with zero attached hydrogens (tertiary/aromatic N) is 1. The number of aromatic amines is 1. The fourth-order valence-electron chi connectivity index (χ4n) is 1.64. The molecule has 0 saturated heterocycles. The molecule has 0 aliphatic rings. The number of aromatic nitrogens is 2. The smallest absolute Gasteiger partial charge is 0.240 e. The number of H-pyrrole nitrogens is 1. The highest BCUT2D eigenvalue weighted by molar-refractivity contribution is 7.89. The van der Waals surface area contributed by atoms with Crippen molar-refractivity contribution in [2.75, 3.05) is 13.7 Å². The minimum atomic E-state index is -3.59. The second-order valence-corrected chi connectivity index (χ2v) is 6.20. The van der Waals surface area contributed by atoms with Crippen molar-refractivity contribution in [2.45, 2.75) is 11.3 Å². The van der Waals surface area contributed by atoms with Crippen molar-refractivity contribution in [2.24, 2.45) is 0 Å². The van der Waals surface area contributed by atoms with Crippen molar-refractivity contribution in [1.29, 1.82) is 0 Å². The van der Waals surface area contributed by atoms with Crippen LogP contribution in [-0.4, -0.2) is 32.0 Å². The standard InChI is InChI=1S/C12H14ClN3O3S/c1-19-12-3-2-10(6-11(12)13)20(17,18)16-5-4-9-7-14-8-15-9/h2-3,6-8,16H,4-5H2,1H3,(H,14,15). The van der Waals surface area contributed by atoms with Gasteiger partial charge in [0.1, 0.15) is 5.75 Å². The zero-order valence-corrected chi connectivity index (χ0v) is 12.3. The Morgan fingerprint density at radius 2 is 2.25 bits per heavy atom. The van der Waals surface area contributed by atoms with Crippen LogP contribution in [0.1, 0.15) is 5.69 Å². The first-order valence-electron chi connectivity index (χ1n) is 5.83. The lowest BCUT2D eigenvalue weighted by Gasteiger charge is -2.08. The molecule has 0 spiro atoms. The molecule has 2 rings (SSSR count). The monoisotopic (exact) mass is 315 g/mol. The van der Waals surface area contributed by atoms with E-state index in [0.717, 1.165) is 5.69 Å². The Morgan fingerprint density at radius 3 is 2.85 bits per heavy atom. The summed E-state index contributed by atoms with van der Waals surface area (Å²) in [7, 11) is -2.12. The summed E-state index contributed by atoms with van der Waals surface area (Å²) in [4.78, 5) is 6.87. The van der Waals surface area contributed by atoms with E-state index in [2.05, 4.69) is 14.7 Å². The first kappa shape index (κ1) is 14.8. The van der Waals surface area contributed by atoms with Gasteiger partial charge in [-0.25, -0.2) is 18.1 Å². The van der Waals surface area contributed by atoms with E-state index in [1.807, 2.05) is 0 Å². The van der Waals surface area contributed by atoms with Crippen LogP contribution in [0, 0.1) is 0 Å². The number of sulfonamides is 1. The predicted octanol–water partition coefficient (Wildman–Crippen LogP) is 1.59. The molecular formula is C12H14ClN3O3S. The van der Waals surface area contributed by atoms with Crippen molar-refractivity contribution >= 4 is 21.6 Å². The molecular weight excluding hydrogens is 302 g/mol. The summed E-state index contributed by atoms with van der Waals surface area (Å²) in [6.07, 6.45) is 3.73. The average Bonchev–Trinajstić information content (AvgIpc) is 2.91. The number of imidazole rings is 1. The second kappa shape index (κ2) is 6.25. The largest absolute Gasteiger partial charge is 0.495 e. The molecule has 0 saturated carbocycles. The Balaban J connectivity index is 2.04. The molecule has 20 heavy (non-hydrogen) atoms. The van der Waals surface area contributed by atoms with Gasteiger partial charge in [-0.3, -0.25) is 0 Å². The first-order chi connectivity index (χ1) is 9.53. The topological polar surface area (TPSA) is 84.1 Å². The van der Waals surface area contributed by atoms with E-state index in [1.54, 1.807) is 12.5 Å². The maximum Gasteiger partial charge on any atom is 0.240 e. The van der Waals surface area contributed by atoms with E-state index in [9.17, 15) is 8.42 Å². The number of halogens is 1. The maximum atomic E-state index is 12.1. The third-order valence-corrected chi connectivity index (χ3v) is 4.43. The average molecular weight is 316 g/mol. The number of methoxy groups -OCH3 is 1. The fraction of sp³-hybridized carbons (Fsp3) is 0.250. The van der Waals surface area contributed by atoms with Crippen LogP contribution in [0.2, 0.25) is 5.02 Å². The summed E-state index contributed by atoms with van der Waals surface area (Å²) in [5, 5.41) is 0.254. The number of hydrogen-bond acceptors (Lipinski definition) is 4. The van der Waals surface area contributed by atoms with Crippen LogP contribution in [0.25, 0.3) is 0 Å². The number of benzene rings is 1. The summed E-state index contributed by atoms with van der Waals surface area (Å²) in [5.41, 5.74) is 0.862. The van der Waals surface area contributed by atoms with E-state index in [4.69, 9.17) is 16.3 Å². The Bertz CT molecular complexity index is 671. The molecule has 8 heteroatoms. The zero-order valence-electron chi connectivity index (χ0n) is 10.8. The molecule has 1 aromatic carbocycles. The molecule has 6 nitrogen and oxygen atoms in total. The number of nitrogens with one attached hydrogen (secondary N) is 2. The van der Waals surface area contributed by atoms with Crippen LogP contribution < -0.4 is 9.46 Å². The number of hydrogen-bond donors (Lipinski definition) is 2.